The molecule has 3 amide bonds. The minimum atomic E-state index is -1.06. The second-order valence-electron chi connectivity index (χ2n) is 9.77. The van der Waals surface area contributed by atoms with Gasteiger partial charge < -0.3 is 39.2 Å². The van der Waals surface area contributed by atoms with E-state index in [0.717, 1.165) is 5.56 Å². The van der Waals surface area contributed by atoms with Crippen molar-refractivity contribution >= 4 is 24.1 Å². The topological polar surface area (TPSA) is 142 Å². The average molecular weight is 566 g/mol. The standard InChI is InChI=1S/C28H43N3O9/c1-8-17-39-26(34)29-15-9-10-16-31(19-20-11-12-21(36-5)18-23(20)37-6)24(32)14-13-22(25(33)38-7)30-27(35)40-28(2,3)4/h8,11-12,18,22H,1,9-10,13-17,19H2,2-7H3,(H,29,34)(H,30,35). The zero-order valence-electron chi connectivity index (χ0n) is 24.4. The maximum Gasteiger partial charge on any atom is 0.408 e. The Morgan fingerprint density at radius 1 is 1.05 bits per heavy atom. The first kappa shape index (κ1) is 34.1. The molecular formula is C28H43N3O9. The number of amides is 3. The highest BCUT2D eigenvalue weighted by Gasteiger charge is 2.27. The normalized spacial score (nSPS) is 11.4. The molecular weight excluding hydrogens is 522 g/mol. The van der Waals surface area contributed by atoms with Crippen LogP contribution in [0, 0.1) is 0 Å². The number of carbonyl (C=O) groups is 4. The monoisotopic (exact) mass is 565 g/mol. The predicted molar refractivity (Wildman–Crippen MR) is 148 cm³/mol. The minimum absolute atomic E-state index is 0.0116. The number of hydrogen-bond acceptors (Lipinski definition) is 9. The van der Waals surface area contributed by atoms with E-state index in [0.29, 0.717) is 37.4 Å². The molecule has 0 saturated heterocycles. The van der Waals surface area contributed by atoms with Crippen LogP contribution < -0.4 is 20.1 Å². The van der Waals surface area contributed by atoms with Gasteiger partial charge in [0.25, 0.3) is 0 Å². The highest BCUT2D eigenvalue weighted by Crippen LogP contribution is 2.26. The van der Waals surface area contributed by atoms with Crippen LogP contribution in [0.5, 0.6) is 11.5 Å². The van der Waals surface area contributed by atoms with Crippen molar-refractivity contribution in [3.8, 4) is 11.5 Å². The molecule has 0 radical (unpaired) electrons. The highest BCUT2D eigenvalue weighted by molar-refractivity contribution is 5.83. The molecule has 2 N–H and O–H groups in total. The first-order valence-corrected chi connectivity index (χ1v) is 13.0. The molecule has 0 aliphatic heterocycles. The van der Waals surface area contributed by atoms with E-state index in [1.807, 2.05) is 6.07 Å². The molecule has 12 heteroatoms. The zero-order chi connectivity index (χ0) is 30.1. The first-order valence-electron chi connectivity index (χ1n) is 13.0. The van der Waals surface area contributed by atoms with E-state index in [4.69, 9.17) is 23.7 Å². The molecule has 0 spiro atoms. The summed E-state index contributed by atoms with van der Waals surface area (Å²) in [5.74, 6) is 0.248. The van der Waals surface area contributed by atoms with Gasteiger partial charge in [-0.15, -0.1) is 0 Å². The molecule has 0 heterocycles. The zero-order valence-corrected chi connectivity index (χ0v) is 24.4. The van der Waals surface area contributed by atoms with Crippen LogP contribution in [0.15, 0.2) is 30.9 Å². The Morgan fingerprint density at radius 3 is 2.38 bits per heavy atom. The summed E-state index contributed by atoms with van der Waals surface area (Å²) in [6.07, 6.45) is 1.30. The van der Waals surface area contributed by atoms with Gasteiger partial charge in [-0.25, -0.2) is 14.4 Å². The quantitative estimate of drug-likeness (QED) is 0.133. The van der Waals surface area contributed by atoms with Crippen molar-refractivity contribution < 1.29 is 42.9 Å². The number of methoxy groups -OCH3 is 3. The SMILES string of the molecule is C=CCOC(=O)NCCCCN(Cc1ccc(OC)cc1OC)C(=O)CCC(NC(=O)OC(C)(C)C)C(=O)OC. The summed E-state index contributed by atoms with van der Waals surface area (Å²) in [7, 11) is 4.29. The van der Waals surface area contributed by atoms with Gasteiger partial charge in [-0.3, -0.25) is 4.79 Å². The summed E-state index contributed by atoms with van der Waals surface area (Å²) in [4.78, 5) is 51.1. The van der Waals surface area contributed by atoms with Crippen molar-refractivity contribution in [2.24, 2.45) is 0 Å². The molecule has 0 saturated carbocycles. The Balaban J connectivity index is 2.93. The molecule has 40 heavy (non-hydrogen) atoms. The first-order chi connectivity index (χ1) is 18.9. The molecule has 0 fully saturated rings. The maximum absolute atomic E-state index is 13.4. The molecule has 1 aromatic carbocycles. The van der Waals surface area contributed by atoms with Crippen molar-refractivity contribution in [3.05, 3.63) is 36.4 Å². The van der Waals surface area contributed by atoms with E-state index in [-0.39, 0.29) is 31.9 Å². The molecule has 0 aliphatic carbocycles. The van der Waals surface area contributed by atoms with Crippen molar-refractivity contribution in [1.29, 1.82) is 0 Å². The van der Waals surface area contributed by atoms with Crippen LogP contribution in [0.25, 0.3) is 0 Å². The predicted octanol–water partition coefficient (Wildman–Crippen LogP) is 3.57. The third kappa shape index (κ3) is 13.2. The summed E-state index contributed by atoms with van der Waals surface area (Å²) >= 11 is 0. The molecule has 1 aromatic rings. The maximum atomic E-state index is 13.4. The summed E-state index contributed by atoms with van der Waals surface area (Å²) in [5.41, 5.74) is 0.00523. The van der Waals surface area contributed by atoms with Gasteiger partial charge in [0, 0.05) is 37.7 Å². The highest BCUT2D eigenvalue weighted by atomic mass is 16.6. The van der Waals surface area contributed by atoms with Crippen molar-refractivity contribution in [2.75, 3.05) is 41.0 Å². The smallest absolute Gasteiger partial charge is 0.408 e. The molecule has 1 unspecified atom stereocenters. The van der Waals surface area contributed by atoms with Crippen LogP contribution in [0.1, 0.15) is 52.0 Å². The molecule has 0 aliphatic rings. The van der Waals surface area contributed by atoms with Crippen LogP contribution in [-0.2, 0) is 30.3 Å². The van der Waals surface area contributed by atoms with Gasteiger partial charge in [-0.1, -0.05) is 12.7 Å². The number of alkyl carbamates (subject to hydrolysis) is 2. The molecule has 12 nitrogen and oxygen atoms in total. The second kappa shape index (κ2) is 17.6. The van der Waals surface area contributed by atoms with Crippen LogP contribution in [0.4, 0.5) is 9.59 Å². The number of nitrogens with zero attached hydrogens (tertiary/aromatic N) is 1. The van der Waals surface area contributed by atoms with Crippen molar-refractivity contribution in [2.45, 2.75) is 64.6 Å². The number of nitrogens with one attached hydrogen (secondary N) is 2. The molecule has 1 atom stereocenters. The van der Waals surface area contributed by atoms with Gasteiger partial charge in [0.2, 0.25) is 5.91 Å². The van der Waals surface area contributed by atoms with Gasteiger partial charge in [0.1, 0.15) is 29.7 Å². The minimum Gasteiger partial charge on any atom is -0.497 e. The lowest BCUT2D eigenvalue weighted by molar-refractivity contribution is -0.143. The molecule has 1 rings (SSSR count). The summed E-state index contributed by atoms with van der Waals surface area (Å²) < 4.78 is 25.7. The molecule has 224 valence electrons. The molecule has 0 bridgehead atoms. The van der Waals surface area contributed by atoms with Crippen LogP contribution >= 0.6 is 0 Å². The van der Waals surface area contributed by atoms with Gasteiger partial charge in [0.15, 0.2) is 0 Å². The number of esters is 1. The van der Waals surface area contributed by atoms with E-state index < -0.39 is 29.8 Å². The Morgan fingerprint density at radius 2 is 1.77 bits per heavy atom. The number of hydrogen-bond donors (Lipinski definition) is 2. The fraction of sp³-hybridized carbons (Fsp3) is 0.571. The van der Waals surface area contributed by atoms with Crippen LogP contribution in [0.2, 0.25) is 0 Å². The lowest BCUT2D eigenvalue weighted by Crippen LogP contribution is -2.44. The fourth-order valence-corrected chi connectivity index (χ4v) is 3.55. The van der Waals surface area contributed by atoms with Crippen molar-refractivity contribution in [3.63, 3.8) is 0 Å². The fourth-order valence-electron chi connectivity index (χ4n) is 3.55. The average Bonchev–Trinajstić information content (AvgIpc) is 2.91. The Labute approximate surface area is 236 Å². The van der Waals surface area contributed by atoms with E-state index in [2.05, 4.69) is 17.2 Å². The summed E-state index contributed by atoms with van der Waals surface area (Å²) in [6, 6.07) is 4.26. The van der Waals surface area contributed by atoms with Gasteiger partial charge in [-0.05, 0) is 52.2 Å². The van der Waals surface area contributed by atoms with Crippen LogP contribution in [0.3, 0.4) is 0 Å². The number of unbranched alkanes of at least 4 members (excludes halogenated alkanes) is 1. The lowest BCUT2D eigenvalue weighted by atomic mass is 10.1. The summed E-state index contributed by atoms with van der Waals surface area (Å²) in [5, 5.41) is 5.13. The second-order valence-corrected chi connectivity index (χ2v) is 9.77. The third-order valence-corrected chi connectivity index (χ3v) is 5.49. The molecule has 0 aromatic heterocycles. The number of ether oxygens (including phenoxy) is 5. The third-order valence-electron chi connectivity index (χ3n) is 5.49. The van der Waals surface area contributed by atoms with E-state index in [9.17, 15) is 19.2 Å². The number of rotatable bonds is 16. The Hall–Kier alpha value is -3.96. The van der Waals surface area contributed by atoms with E-state index in [1.54, 1.807) is 44.9 Å². The van der Waals surface area contributed by atoms with Gasteiger partial charge >= 0.3 is 18.2 Å². The van der Waals surface area contributed by atoms with E-state index in [1.165, 1.54) is 20.3 Å². The van der Waals surface area contributed by atoms with Gasteiger partial charge in [-0.2, -0.15) is 0 Å². The lowest BCUT2D eigenvalue weighted by Gasteiger charge is -2.26. The van der Waals surface area contributed by atoms with E-state index >= 15 is 0 Å². The Kier molecular flexibility index (Phi) is 15.0. The largest absolute Gasteiger partial charge is 0.497 e. The summed E-state index contributed by atoms with van der Waals surface area (Å²) in [6.45, 7) is 9.70. The van der Waals surface area contributed by atoms with Crippen molar-refractivity contribution in [1.82, 2.24) is 15.5 Å². The number of carbonyl (C=O) groups excluding carboxylic acids is 4. The van der Waals surface area contributed by atoms with Gasteiger partial charge in [0.05, 0.1) is 21.3 Å². The van der Waals surface area contributed by atoms with Crippen LogP contribution in [-0.4, -0.2) is 81.6 Å². The number of benzene rings is 1. The Bertz CT molecular complexity index is 992.